The summed E-state index contributed by atoms with van der Waals surface area (Å²) < 4.78 is 5.18. The second-order valence-corrected chi connectivity index (χ2v) is 8.49. The van der Waals surface area contributed by atoms with Crippen LogP contribution in [0.3, 0.4) is 0 Å². The monoisotopic (exact) mass is 416 g/mol. The van der Waals surface area contributed by atoms with Crippen LogP contribution in [-0.4, -0.2) is 37.5 Å². The zero-order valence-corrected chi connectivity index (χ0v) is 18.4. The number of rotatable bonds is 9. The third-order valence-corrected chi connectivity index (χ3v) is 5.33. The van der Waals surface area contributed by atoms with Crippen molar-refractivity contribution < 1.29 is 14.3 Å². The maximum Gasteiger partial charge on any atom is 0.244 e. The summed E-state index contributed by atoms with van der Waals surface area (Å²) >= 11 is 0. The maximum atomic E-state index is 12.7. The fraction of sp³-hybridized carbons (Fsp3) is 0.609. The Balaban J connectivity index is 2.00. The topological polar surface area (TPSA) is 106 Å². The van der Waals surface area contributed by atoms with Gasteiger partial charge in [-0.25, -0.2) is 4.99 Å². The molecule has 1 fully saturated rings. The van der Waals surface area contributed by atoms with Gasteiger partial charge in [-0.1, -0.05) is 58.1 Å². The first-order valence-electron chi connectivity index (χ1n) is 10.9. The highest BCUT2D eigenvalue weighted by Crippen LogP contribution is 2.28. The van der Waals surface area contributed by atoms with E-state index in [1.54, 1.807) is 13.2 Å². The average Bonchev–Trinajstić information content (AvgIpc) is 2.72. The van der Waals surface area contributed by atoms with Gasteiger partial charge in [0.05, 0.1) is 13.5 Å². The Bertz CT molecular complexity index is 727. The lowest BCUT2D eigenvalue weighted by Gasteiger charge is -2.24. The molecule has 1 unspecified atom stereocenters. The molecular weight excluding hydrogens is 380 g/mol. The lowest BCUT2D eigenvalue weighted by atomic mass is 9.84. The van der Waals surface area contributed by atoms with E-state index in [9.17, 15) is 9.59 Å². The molecule has 2 amide bonds. The second kappa shape index (κ2) is 12.2. The number of methoxy groups -OCH3 is 1. The molecule has 0 radical (unpaired) electrons. The Morgan fingerprint density at radius 1 is 1.23 bits per heavy atom. The van der Waals surface area contributed by atoms with Crippen molar-refractivity contribution in [2.75, 3.05) is 13.7 Å². The van der Waals surface area contributed by atoms with Crippen molar-refractivity contribution in [2.45, 2.75) is 64.8 Å². The van der Waals surface area contributed by atoms with Gasteiger partial charge in [0.25, 0.3) is 0 Å². The molecule has 1 saturated carbocycles. The number of carbonyl (C=O) groups is 2. The molecule has 0 spiro atoms. The number of hydrogen-bond donors (Lipinski definition) is 3. The molecule has 0 bridgehead atoms. The molecule has 1 aromatic carbocycles. The molecule has 1 aliphatic carbocycles. The Labute approximate surface area is 179 Å². The van der Waals surface area contributed by atoms with E-state index in [1.165, 1.54) is 19.3 Å². The summed E-state index contributed by atoms with van der Waals surface area (Å²) in [6, 6.07) is 6.73. The van der Waals surface area contributed by atoms with Gasteiger partial charge < -0.3 is 15.8 Å². The van der Waals surface area contributed by atoms with Crippen LogP contribution in [0.5, 0.6) is 5.75 Å². The predicted molar refractivity (Wildman–Crippen MR) is 119 cm³/mol. The molecule has 0 aromatic heterocycles. The minimum Gasteiger partial charge on any atom is -0.497 e. The number of carbonyl (C=O) groups excluding carboxylic acids is 2. The Hall–Kier alpha value is -2.57. The third-order valence-electron chi connectivity index (χ3n) is 5.33. The van der Waals surface area contributed by atoms with Gasteiger partial charge in [-0.15, -0.1) is 0 Å². The van der Waals surface area contributed by atoms with Crippen molar-refractivity contribution >= 4 is 17.8 Å². The molecule has 166 valence electrons. The van der Waals surface area contributed by atoms with Crippen LogP contribution in [-0.2, 0) is 16.0 Å². The Kier molecular flexibility index (Phi) is 9.64. The number of guanidine groups is 1. The van der Waals surface area contributed by atoms with Crippen LogP contribution < -0.4 is 21.1 Å². The van der Waals surface area contributed by atoms with E-state index in [0.717, 1.165) is 18.4 Å². The van der Waals surface area contributed by atoms with Gasteiger partial charge in [0.1, 0.15) is 11.8 Å². The van der Waals surface area contributed by atoms with E-state index in [1.807, 2.05) is 32.0 Å². The molecule has 7 nitrogen and oxygen atoms in total. The summed E-state index contributed by atoms with van der Waals surface area (Å²) in [5.74, 6) is 1.10. The second-order valence-electron chi connectivity index (χ2n) is 8.49. The lowest BCUT2D eigenvalue weighted by Crippen LogP contribution is -2.42. The van der Waals surface area contributed by atoms with E-state index in [-0.39, 0.29) is 24.2 Å². The minimum atomic E-state index is -0.580. The third kappa shape index (κ3) is 8.43. The minimum absolute atomic E-state index is 0.0107. The van der Waals surface area contributed by atoms with Crippen molar-refractivity contribution in [3.05, 3.63) is 29.8 Å². The van der Waals surface area contributed by atoms with E-state index in [2.05, 4.69) is 15.6 Å². The first-order chi connectivity index (χ1) is 14.4. The summed E-state index contributed by atoms with van der Waals surface area (Å²) in [5.41, 5.74) is 6.81. The number of ether oxygens (including phenoxy) is 1. The molecule has 7 heteroatoms. The van der Waals surface area contributed by atoms with Crippen LogP contribution in [0.15, 0.2) is 29.3 Å². The highest BCUT2D eigenvalue weighted by molar-refractivity contribution is 5.98. The standard InChI is InChI=1S/C23H36N4O3/c1-16(2)15-25-22(29)20(13-17-8-5-4-6-9-17)26-23(24)27-21(28)14-18-10-7-11-19(12-18)30-3/h7,10-12,16-17,20H,4-6,8-9,13-15H2,1-3H3,(H,25,29)(H3,24,26,27,28). The van der Waals surface area contributed by atoms with Crippen molar-refractivity contribution in [2.24, 2.45) is 22.6 Å². The molecule has 0 saturated heterocycles. The zero-order valence-electron chi connectivity index (χ0n) is 18.4. The summed E-state index contributed by atoms with van der Waals surface area (Å²) in [6.45, 7) is 4.69. The fourth-order valence-corrected chi connectivity index (χ4v) is 3.73. The molecule has 1 aromatic rings. The SMILES string of the molecule is COc1cccc(CC(=O)NC(N)=NC(CC2CCCCC2)C(=O)NCC(C)C)c1. The summed E-state index contributed by atoms with van der Waals surface area (Å²) in [5, 5.41) is 5.58. The summed E-state index contributed by atoms with van der Waals surface area (Å²) in [4.78, 5) is 29.5. The van der Waals surface area contributed by atoms with Crippen LogP contribution in [0.25, 0.3) is 0 Å². The molecule has 0 aliphatic heterocycles. The number of aliphatic imine (C=N–C) groups is 1. The molecule has 30 heavy (non-hydrogen) atoms. The maximum absolute atomic E-state index is 12.7. The van der Waals surface area contributed by atoms with Crippen LogP contribution in [0.1, 0.15) is 57.9 Å². The van der Waals surface area contributed by atoms with Gasteiger partial charge in [-0.2, -0.15) is 0 Å². The summed E-state index contributed by atoms with van der Waals surface area (Å²) in [7, 11) is 1.58. The fourth-order valence-electron chi connectivity index (χ4n) is 3.73. The van der Waals surface area contributed by atoms with Crippen molar-refractivity contribution in [1.29, 1.82) is 0 Å². The van der Waals surface area contributed by atoms with Crippen molar-refractivity contribution in [3.63, 3.8) is 0 Å². The van der Waals surface area contributed by atoms with E-state index < -0.39 is 6.04 Å². The molecule has 0 heterocycles. The number of nitrogens with two attached hydrogens (primary N) is 1. The molecule has 4 N–H and O–H groups in total. The molecule has 1 atom stereocenters. The van der Waals surface area contributed by atoms with Gasteiger partial charge in [0.15, 0.2) is 5.96 Å². The Morgan fingerprint density at radius 3 is 2.63 bits per heavy atom. The molecule has 1 aliphatic rings. The number of hydrogen-bond acceptors (Lipinski definition) is 4. The van der Waals surface area contributed by atoms with Crippen molar-refractivity contribution in [3.8, 4) is 5.75 Å². The van der Waals surface area contributed by atoms with Gasteiger partial charge in [-0.3, -0.25) is 14.9 Å². The van der Waals surface area contributed by atoms with Crippen LogP contribution in [0.4, 0.5) is 0 Å². The van der Waals surface area contributed by atoms with Gasteiger partial charge in [0.2, 0.25) is 11.8 Å². The first kappa shape index (κ1) is 23.7. The number of nitrogens with zero attached hydrogens (tertiary/aromatic N) is 1. The average molecular weight is 417 g/mol. The number of amides is 2. The quantitative estimate of drug-likeness (QED) is 0.425. The van der Waals surface area contributed by atoms with Crippen LogP contribution in [0.2, 0.25) is 0 Å². The lowest BCUT2D eigenvalue weighted by molar-refractivity contribution is -0.123. The largest absolute Gasteiger partial charge is 0.497 e. The van der Waals surface area contributed by atoms with Crippen LogP contribution in [0, 0.1) is 11.8 Å². The van der Waals surface area contributed by atoms with Crippen molar-refractivity contribution in [1.82, 2.24) is 10.6 Å². The van der Waals surface area contributed by atoms with E-state index >= 15 is 0 Å². The van der Waals surface area contributed by atoms with E-state index in [4.69, 9.17) is 10.5 Å². The molecule has 2 rings (SSSR count). The Morgan fingerprint density at radius 2 is 1.97 bits per heavy atom. The highest BCUT2D eigenvalue weighted by atomic mass is 16.5. The normalized spacial score (nSPS) is 16.2. The zero-order chi connectivity index (χ0) is 21.9. The van der Waals surface area contributed by atoms with Gasteiger partial charge in [0, 0.05) is 6.54 Å². The van der Waals surface area contributed by atoms with Crippen LogP contribution >= 0.6 is 0 Å². The summed E-state index contributed by atoms with van der Waals surface area (Å²) in [6.07, 6.45) is 6.70. The highest BCUT2D eigenvalue weighted by Gasteiger charge is 2.24. The number of nitrogens with one attached hydrogen (secondary N) is 2. The van der Waals surface area contributed by atoms with Gasteiger partial charge >= 0.3 is 0 Å². The van der Waals surface area contributed by atoms with Gasteiger partial charge in [-0.05, 0) is 36.0 Å². The first-order valence-corrected chi connectivity index (χ1v) is 10.9. The molecular formula is C23H36N4O3. The smallest absolute Gasteiger partial charge is 0.244 e. The predicted octanol–water partition coefficient (Wildman–Crippen LogP) is 2.78. The van der Waals surface area contributed by atoms with E-state index in [0.29, 0.717) is 30.6 Å². The number of benzene rings is 1.